The van der Waals surface area contributed by atoms with E-state index in [2.05, 4.69) is 10.4 Å². The highest BCUT2D eigenvalue weighted by atomic mass is 35.5. The van der Waals surface area contributed by atoms with Gasteiger partial charge in [0, 0.05) is 36.2 Å². The van der Waals surface area contributed by atoms with Crippen LogP contribution in [0.25, 0.3) is 5.69 Å². The van der Waals surface area contributed by atoms with E-state index in [9.17, 15) is 14.7 Å². The van der Waals surface area contributed by atoms with Crippen LogP contribution >= 0.6 is 11.6 Å². The van der Waals surface area contributed by atoms with Crippen molar-refractivity contribution < 1.29 is 14.7 Å². The number of rotatable bonds is 4. The number of halogens is 1. The fourth-order valence-corrected chi connectivity index (χ4v) is 3.61. The molecule has 27 heavy (non-hydrogen) atoms. The zero-order valence-electron chi connectivity index (χ0n) is 15.5. The summed E-state index contributed by atoms with van der Waals surface area (Å²) in [7, 11) is 0. The van der Waals surface area contributed by atoms with E-state index in [-0.39, 0.29) is 30.8 Å². The molecule has 0 saturated carbocycles. The van der Waals surface area contributed by atoms with Gasteiger partial charge in [0.1, 0.15) is 6.04 Å². The molecule has 1 saturated heterocycles. The number of nitrogens with zero attached hydrogens (tertiary/aromatic N) is 3. The Bertz CT molecular complexity index is 849. The summed E-state index contributed by atoms with van der Waals surface area (Å²) in [4.78, 5) is 25.8. The molecule has 0 spiro atoms. The summed E-state index contributed by atoms with van der Waals surface area (Å²) in [6, 6.07) is 6.41. The minimum Gasteiger partial charge on any atom is -0.391 e. The van der Waals surface area contributed by atoms with E-state index >= 15 is 0 Å². The van der Waals surface area contributed by atoms with E-state index in [0.29, 0.717) is 5.02 Å². The van der Waals surface area contributed by atoms with Gasteiger partial charge in [0.15, 0.2) is 0 Å². The maximum absolute atomic E-state index is 12.7. The molecule has 2 aromatic rings. The van der Waals surface area contributed by atoms with Crippen LogP contribution in [0.5, 0.6) is 0 Å². The molecular formula is C19H23ClN4O3. The monoisotopic (exact) mass is 390 g/mol. The number of nitrogens with one attached hydrogen (secondary N) is 1. The third-order valence-electron chi connectivity index (χ3n) is 4.93. The van der Waals surface area contributed by atoms with Crippen LogP contribution in [0.2, 0.25) is 5.02 Å². The molecule has 2 heterocycles. The molecule has 3 rings (SSSR count). The number of carbonyl (C=O) groups is 2. The number of likely N-dealkylation sites (tertiary alicyclic amines) is 1. The van der Waals surface area contributed by atoms with Gasteiger partial charge in [0.2, 0.25) is 11.8 Å². The Labute approximate surface area is 162 Å². The summed E-state index contributed by atoms with van der Waals surface area (Å²) >= 11 is 5.94. The number of hydrogen-bond donors (Lipinski definition) is 2. The summed E-state index contributed by atoms with van der Waals surface area (Å²) in [6.45, 7) is 5.40. The highest BCUT2D eigenvalue weighted by Gasteiger charge is 2.38. The molecule has 1 aromatic heterocycles. The maximum atomic E-state index is 12.7. The van der Waals surface area contributed by atoms with Crippen LogP contribution < -0.4 is 5.32 Å². The summed E-state index contributed by atoms with van der Waals surface area (Å²) < 4.78 is 1.79. The number of aliphatic hydroxyl groups excluding tert-OH is 1. The lowest BCUT2D eigenvalue weighted by atomic mass is 10.1. The fraction of sp³-hybridized carbons (Fsp3) is 0.421. The number of aromatic nitrogens is 2. The number of hydrogen-bond acceptors (Lipinski definition) is 4. The largest absolute Gasteiger partial charge is 0.391 e. The van der Waals surface area contributed by atoms with Crippen molar-refractivity contribution in [2.24, 2.45) is 0 Å². The molecule has 0 bridgehead atoms. The van der Waals surface area contributed by atoms with Crippen LogP contribution in [0.1, 0.15) is 37.6 Å². The molecule has 1 aliphatic rings. The second-order valence-electron chi connectivity index (χ2n) is 6.88. The lowest BCUT2D eigenvalue weighted by Gasteiger charge is -2.24. The summed E-state index contributed by atoms with van der Waals surface area (Å²) in [6.07, 6.45) is 1.30. The van der Waals surface area contributed by atoms with Gasteiger partial charge in [0.25, 0.3) is 0 Å². The first-order chi connectivity index (χ1) is 12.8. The molecule has 0 aliphatic carbocycles. The first-order valence-corrected chi connectivity index (χ1v) is 9.22. The quantitative estimate of drug-likeness (QED) is 0.835. The van der Waals surface area contributed by atoms with Crippen LogP contribution in [0, 0.1) is 6.92 Å². The maximum Gasteiger partial charge on any atom is 0.243 e. The molecule has 1 aromatic carbocycles. The van der Waals surface area contributed by atoms with Gasteiger partial charge < -0.3 is 15.3 Å². The van der Waals surface area contributed by atoms with Gasteiger partial charge >= 0.3 is 0 Å². The van der Waals surface area contributed by atoms with Crippen molar-refractivity contribution in [3.8, 4) is 5.69 Å². The topological polar surface area (TPSA) is 87.5 Å². The Hall–Kier alpha value is -2.38. The first-order valence-electron chi connectivity index (χ1n) is 8.84. The normalized spacial score (nSPS) is 20.6. The first kappa shape index (κ1) is 19.4. The zero-order valence-corrected chi connectivity index (χ0v) is 16.3. The molecule has 144 valence electrons. The Kier molecular flexibility index (Phi) is 5.53. The van der Waals surface area contributed by atoms with Crippen molar-refractivity contribution >= 4 is 23.4 Å². The van der Waals surface area contributed by atoms with Gasteiger partial charge in [0.05, 0.1) is 24.0 Å². The average Bonchev–Trinajstić information content (AvgIpc) is 3.19. The van der Waals surface area contributed by atoms with Crippen molar-refractivity contribution in [2.45, 2.75) is 45.4 Å². The van der Waals surface area contributed by atoms with Crippen molar-refractivity contribution in [1.29, 1.82) is 0 Å². The predicted molar refractivity (Wildman–Crippen MR) is 102 cm³/mol. The molecule has 2 N–H and O–H groups in total. The number of benzene rings is 1. The lowest BCUT2D eigenvalue weighted by molar-refractivity contribution is -0.137. The van der Waals surface area contributed by atoms with Gasteiger partial charge in [-0.2, -0.15) is 5.10 Å². The summed E-state index contributed by atoms with van der Waals surface area (Å²) in [5.74, 6) is -0.487. The second kappa shape index (κ2) is 7.70. The van der Waals surface area contributed by atoms with E-state index in [0.717, 1.165) is 16.9 Å². The third-order valence-corrected chi connectivity index (χ3v) is 5.18. The number of aliphatic hydroxyl groups is 1. The van der Waals surface area contributed by atoms with Gasteiger partial charge in [-0.25, -0.2) is 4.68 Å². The van der Waals surface area contributed by atoms with Crippen LogP contribution in [0.4, 0.5) is 0 Å². The summed E-state index contributed by atoms with van der Waals surface area (Å²) in [5.41, 5.74) is 2.66. The molecule has 1 fully saturated rings. The molecular weight excluding hydrogens is 368 g/mol. The van der Waals surface area contributed by atoms with Gasteiger partial charge in [-0.15, -0.1) is 0 Å². The standard InChI is InChI=1S/C19H23ClN4O3/c1-11(22-19(27)18-8-16(26)10-23(18)13(3)25)17-9-21-24(12(17)2)15-6-4-14(20)5-7-15/h4-7,9,11,16,18,26H,8,10H2,1-3H3,(H,22,27)/t11?,16-,18+/m1/s1. The van der Waals surface area contributed by atoms with Crippen LogP contribution in [-0.2, 0) is 9.59 Å². The van der Waals surface area contributed by atoms with Crippen LogP contribution in [0.3, 0.4) is 0 Å². The Morgan fingerprint density at radius 3 is 2.63 bits per heavy atom. The molecule has 2 amide bonds. The number of β-amino-alcohol motifs (C(OH)–C–C–N with tert-alkyl or cyclic N) is 1. The van der Waals surface area contributed by atoms with Gasteiger partial charge in [-0.1, -0.05) is 11.6 Å². The van der Waals surface area contributed by atoms with Crippen LogP contribution in [-0.4, -0.2) is 50.3 Å². The lowest BCUT2D eigenvalue weighted by Crippen LogP contribution is -2.45. The summed E-state index contributed by atoms with van der Waals surface area (Å²) in [5, 5.41) is 17.8. The molecule has 7 nitrogen and oxygen atoms in total. The Morgan fingerprint density at radius 1 is 1.33 bits per heavy atom. The van der Waals surface area contributed by atoms with E-state index in [1.807, 2.05) is 26.0 Å². The van der Waals surface area contributed by atoms with Gasteiger partial charge in [-0.05, 0) is 38.1 Å². The van der Waals surface area contributed by atoms with E-state index in [4.69, 9.17) is 11.6 Å². The van der Waals surface area contributed by atoms with E-state index in [1.165, 1.54) is 11.8 Å². The van der Waals surface area contributed by atoms with Crippen LogP contribution in [0.15, 0.2) is 30.5 Å². The average molecular weight is 391 g/mol. The van der Waals surface area contributed by atoms with Crippen molar-refractivity contribution in [3.63, 3.8) is 0 Å². The molecule has 1 aliphatic heterocycles. The highest BCUT2D eigenvalue weighted by Crippen LogP contribution is 2.23. The predicted octanol–water partition coefficient (Wildman–Crippen LogP) is 1.99. The minimum absolute atomic E-state index is 0.190. The zero-order chi connectivity index (χ0) is 19.7. The molecule has 8 heteroatoms. The van der Waals surface area contributed by atoms with Crippen molar-refractivity contribution in [2.75, 3.05) is 6.54 Å². The fourth-order valence-electron chi connectivity index (χ4n) is 3.49. The van der Waals surface area contributed by atoms with Crippen molar-refractivity contribution in [1.82, 2.24) is 20.0 Å². The van der Waals surface area contributed by atoms with E-state index < -0.39 is 12.1 Å². The van der Waals surface area contributed by atoms with E-state index in [1.54, 1.807) is 23.0 Å². The molecule has 3 atom stereocenters. The third kappa shape index (κ3) is 3.99. The number of amides is 2. The SMILES string of the molecule is CC(=O)N1C[C@H](O)C[C@H]1C(=O)NC(C)c1cnn(-c2ccc(Cl)cc2)c1C. The Balaban J connectivity index is 1.75. The molecule has 0 radical (unpaired) electrons. The Morgan fingerprint density at radius 2 is 2.00 bits per heavy atom. The van der Waals surface area contributed by atoms with Gasteiger partial charge in [-0.3, -0.25) is 9.59 Å². The molecule has 1 unspecified atom stereocenters. The smallest absolute Gasteiger partial charge is 0.243 e. The minimum atomic E-state index is -0.672. The second-order valence-corrected chi connectivity index (χ2v) is 7.32. The number of carbonyl (C=O) groups excluding carboxylic acids is 2. The highest BCUT2D eigenvalue weighted by molar-refractivity contribution is 6.30. The van der Waals surface area contributed by atoms with Crippen molar-refractivity contribution in [3.05, 3.63) is 46.7 Å².